The summed E-state index contributed by atoms with van der Waals surface area (Å²) in [6, 6.07) is 8.28. The van der Waals surface area contributed by atoms with Crippen LogP contribution in [0.25, 0.3) is 11.4 Å². The van der Waals surface area contributed by atoms with E-state index in [0.29, 0.717) is 11.7 Å². The Bertz CT molecular complexity index is 558. The number of aromatic nitrogens is 2. The van der Waals surface area contributed by atoms with Gasteiger partial charge in [-0.1, -0.05) is 24.3 Å². The second-order valence-electron chi connectivity index (χ2n) is 5.39. The van der Waals surface area contributed by atoms with Gasteiger partial charge in [0.05, 0.1) is 18.5 Å². The summed E-state index contributed by atoms with van der Waals surface area (Å²) in [6.45, 7) is 0. The first-order chi connectivity index (χ1) is 9.72. The normalized spacial score (nSPS) is 22.6. The maximum absolute atomic E-state index is 9.55. The molecule has 1 aromatic heterocycles. The fourth-order valence-electron chi connectivity index (χ4n) is 2.78. The van der Waals surface area contributed by atoms with Gasteiger partial charge in [-0.15, -0.1) is 0 Å². The van der Waals surface area contributed by atoms with Gasteiger partial charge in [-0.3, -0.25) is 0 Å². The molecule has 1 aromatic carbocycles. The van der Waals surface area contributed by atoms with Gasteiger partial charge < -0.3 is 10.2 Å². The van der Waals surface area contributed by atoms with Crippen LogP contribution in [0.5, 0.6) is 5.75 Å². The maximum Gasteiger partial charge on any atom is 0.159 e. The Balaban J connectivity index is 1.76. The third-order valence-corrected chi connectivity index (χ3v) is 3.98. The van der Waals surface area contributed by atoms with E-state index in [0.717, 1.165) is 31.2 Å². The van der Waals surface area contributed by atoms with Crippen LogP contribution in [0.2, 0.25) is 0 Å². The van der Waals surface area contributed by atoms with Gasteiger partial charge in [0, 0.05) is 5.56 Å². The molecule has 1 aliphatic rings. The van der Waals surface area contributed by atoms with Crippen molar-refractivity contribution in [2.24, 2.45) is 0 Å². The van der Waals surface area contributed by atoms with Crippen molar-refractivity contribution in [3.05, 3.63) is 42.2 Å². The Hall–Kier alpha value is -1.94. The first-order valence-electron chi connectivity index (χ1n) is 7.02. The van der Waals surface area contributed by atoms with E-state index >= 15 is 0 Å². The molecule has 3 rings (SSSR count). The van der Waals surface area contributed by atoms with E-state index in [1.165, 1.54) is 18.0 Å². The average molecular weight is 270 g/mol. The molecule has 0 bridgehead atoms. The van der Waals surface area contributed by atoms with Crippen LogP contribution in [0, 0.1) is 0 Å². The molecule has 1 aliphatic carbocycles. The van der Waals surface area contributed by atoms with E-state index < -0.39 is 0 Å². The van der Waals surface area contributed by atoms with Crippen LogP contribution in [-0.2, 0) is 0 Å². The Kier molecular flexibility index (Phi) is 3.65. The zero-order valence-corrected chi connectivity index (χ0v) is 11.2. The summed E-state index contributed by atoms with van der Waals surface area (Å²) in [7, 11) is 0. The molecule has 0 atom stereocenters. The summed E-state index contributed by atoms with van der Waals surface area (Å²) in [6.07, 6.45) is 6.58. The molecule has 2 N–H and O–H groups in total. The Labute approximate surface area is 118 Å². The summed E-state index contributed by atoms with van der Waals surface area (Å²) < 4.78 is 0. The lowest BCUT2D eigenvalue weighted by atomic mass is 9.82. The molecule has 0 spiro atoms. The SMILES string of the molecule is Oc1cnc(-c2ccc(C3CCC(O)CC3)cc2)nc1. The third kappa shape index (κ3) is 2.80. The van der Waals surface area contributed by atoms with Crippen molar-refractivity contribution in [1.82, 2.24) is 9.97 Å². The van der Waals surface area contributed by atoms with Crippen molar-refractivity contribution in [1.29, 1.82) is 0 Å². The van der Waals surface area contributed by atoms with Crippen LogP contribution in [-0.4, -0.2) is 26.3 Å². The van der Waals surface area contributed by atoms with Gasteiger partial charge in [0.15, 0.2) is 11.6 Å². The number of hydrogen-bond donors (Lipinski definition) is 2. The van der Waals surface area contributed by atoms with Gasteiger partial charge in [0.1, 0.15) is 0 Å². The van der Waals surface area contributed by atoms with Gasteiger partial charge in [-0.05, 0) is 37.2 Å². The zero-order valence-electron chi connectivity index (χ0n) is 11.2. The van der Waals surface area contributed by atoms with Gasteiger partial charge in [-0.2, -0.15) is 0 Å². The minimum absolute atomic E-state index is 0.0751. The summed E-state index contributed by atoms with van der Waals surface area (Å²) >= 11 is 0. The van der Waals surface area contributed by atoms with Gasteiger partial charge in [-0.25, -0.2) is 9.97 Å². The van der Waals surface area contributed by atoms with Crippen molar-refractivity contribution in [2.75, 3.05) is 0 Å². The number of nitrogens with zero attached hydrogens (tertiary/aromatic N) is 2. The lowest BCUT2D eigenvalue weighted by molar-refractivity contribution is 0.122. The number of aromatic hydroxyl groups is 1. The monoisotopic (exact) mass is 270 g/mol. The smallest absolute Gasteiger partial charge is 0.159 e. The lowest BCUT2D eigenvalue weighted by Gasteiger charge is -2.25. The number of hydrogen-bond acceptors (Lipinski definition) is 4. The van der Waals surface area contributed by atoms with E-state index in [-0.39, 0.29) is 11.9 Å². The molecule has 0 aliphatic heterocycles. The van der Waals surface area contributed by atoms with Crippen LogP contribution >= 0.6 is 0 Å². The van der Waals surface area contributed by atoms with Crippen molar-refractivity contribution in [3.63, 3.8) is 0 Å². The van der Waals surface area contributed by atoms with E-state index in [4.69, 9.17) is 0 Å². The molecule has 4 heteroatoms. The molecule has 104 valence electrons. The first-order valence-corrected chi connectivity index (χ1v) is 7.02. The van der Waals surface area contributed by atoms with Crippen molar-refractivity contribution >= 4 is 0 Å². The fourth-order valence-corrected chi connectivity index (χ4v) is 2.78. The largest absolute Gasteiger partial charge is 0.505 e. The van der Waals surface area contributed by atoms with Crippen LogP contribution < -0.4 is 0 Å². The van der Waals surface area contributed by atoms with E-state index in [2.05, 4.69) is 22.1 Å². The molecule has 4 nitrogen and oxygen atoms in total. The Morgan fingerprint density at radius 3 is 2.10 bits per heavy atom. The van der Waals surface area contributed by atoms with Crippen LogP contribution in [0.1, 0.15) is 37.2 Å². The predicted molar refractivity (Wildman–Crippen MR) is 76.3 cm³/mol. The Morgan fingerprint density at radius 2 is 1.50 bits per heavy atom. The number of aliphatic hydroxyl groups is 1. The van der Waals surface area contributed by atoms with Crippen LogP contribution in [0.15, 0.2) is 36.7 Å². The highest BCUT2D eigenvalue weighted by Gasteiger charge is 2.20. The molecule has 20 heavy (non-hydrogen) atoms. The second-order valence-corrected chi connectivity index (χ2v) is 5.39. The molecule has 0 radical (unpaired) electrons. The molecular weight excluding hydrogens is 252 g/mol. The number of benzene rings is 1. The van der Waals surface area contributed by atoms with Gasteiger partial charge >= 0.3 is 0 Å². The van der Waals surface area contributed by atoms with Crippen LogP contribution in [0.3, 0.4) is 0 Å². The molecule has 0 saturated heterocycles. The van der Waals surface area contributed by atoms with Crippen LogP contribution in [0.4, 0.5) is 0 Å². The predicted octanol–water partition coefficient (Wildman–Crippen LogP) is 2.87. The fraction of sp³-hybridized carbons (Fsp3) is 0.375. The maximum atomic E-state index is 9.55. The molecule has 2 aromatic rings. The molecule has 1 fully saturated rings. The molecule has 1 saturated carbocycles. The molecule has 1 heterocycles. The highest BCUT2D eigenvalue weighted by Crippen LogP contribution is 2.33. The summed E-state index contributed by atoms with van der Waals surface area (Å²) in [5, 5.41) is 18.7. The quantitative estimate of drug-likeness (QED) is 0.880. The van der Waals surface area contributed by atoms with E-state index in [9.17, 15) is 10.2 Å². The number of rotatable bonds is 2. The summed E-state index contributed by atoms with van der Waals surface area (Å²) in [5.74, 6) is 1.24. The zero-order chi connectivity index (χ0) is 13.9. The van der Waals surface area contributed by atoms with Gasteiger partial charge in [0.25, 0.3) is 0 Å². The number of aliphatic hydroxyl groups excluding tert-OH is 1. The second kappa shape index (κ2) is 5.59. The lowest BCUT2D eigenvalue weighted by Crippen LogP contribution is -2.16. The molecule has 0 amide bonds. The topological polar surface area (TPSA) is 66.2 Å². The summed E-state index contributed by atoms with van der Waals surface area (Å²) in [5.41, 5.74) is 2.27. The minimum atomic E-state index is -0.115. The summed E-state index contributed by atoms with van der Waals surface area (Å²) in [4.78, 5) is 8.21. The Morgan fingerprint density at radius 1 is 0.900 bits per heavy atom. The van der Waals surface area contributed by atoms with Crippen molar-refractivity contribution < 1.29 is 10.2 Å². The first kappa shape index (κ1) is 13.1. The molecular formula is C16H18N2O2. The minimum Gasteiger partial charge on any atom is -0.505 e. The van der Waals surface area contributed by atoms with Crippen molar-refractivity contribution in [3.8, 4) is 17.1 Å². The van der Waals surface area contributed by atoms with E-state index in [1.54, 1.807) is 0 Å². The average Bonchev–Trinajstić information content (AvgIpc) is 2.49. The van der Waals surface area contributed by atoms with E-state index in [1.807, 2.05) is 12.1 Å². The highest BCUT2D eigenvalue weighted by atomic mass is 16.3. The molecule has 0 unspecified atom stereocenters. The van der Waals surface area contributed by atoms with Crippen molar-refractivity contribution in [2.45, 2.75) is 37.7 Å². The van der Waals surface area contributed by atoms with Gasteiger partial charge in [0.2, 0.25) is 0 Å². The highest BCUT2D eigenvalue weighted by molar-refractivity contribution is 5.55. The standard InChI is InChI=1S/C16H18N2O2/c19-14-7-5-12(6-8-14)11-1-3-13(4-2-11)16-17-9-15(20)10-18-16/h1-4,9-10,12,14,19-20H,5-8H2. The third-order valence-electron chi connectivity index (χ3n) is 3.98.